The Labute approximate surface area is 106 Å². The Morgan fingerprint density at radius 1 is 1.47 bits per heavy atom. The van der Waals surface area contributed by atoms with Crippen molar-refractivity contribution in [2.24, 2.45) is 5.92 Å². The molecule has 17 heavy (non-hydrogen) atoms. The van der Waals surface area contributed by atoms with Crippen molar-refractivity contribution in [1.29, 1.82) is 0 Å². The summed E-state index contributed by atoms with van der Waals surface area (Å²) in [5.41, 5.74) is 2.06. The van der Waals surface area contributed by atoms with Crippen LogP contribution in [-0.2, 0) is 11.2 Å². The number of nitrogens with zero attached hydrogens (tertiary/aromatic N) is 1. The number of rotatable bonds is 1. The van der Waals surface area contributed by atoms with Gasteiger partial charge in [-0.1, -0.05) is 11.6 Å². The minimum atomic E-state index is -0.102. The Morgan fingerprint density at radius 2 is 2.18 bits per heavy atom. The van der Waals surface area contributed by atoms with Gasteiger partial charge in [0.2, 0.25) is 5.91 Å². The number of halogens is 1. The first-order valence-electron chi connectivity index (χ1n) is 5.62. The van der Waals surface area contributed by atoms with Gasteiger partial charge in [-0.05, 0) is 36.6 Å². The molecule has 0 saturated carbocycles. The fourth-order valence-electron chi connectivity index (χ4n) is 2.19. The molecule has 1 heterocycles. The highest BCUT2D eigenvalue weighted by molar-refractivity contribution is 6.30. The highest BCUT2D eigenvalue weighted by Gasteiger charge is 2.28. The fourth-order valence-corrected chi connectivity index (χ4v) is 2.48. The molecule has 1 aliphatic rings. The van der Waals surface area contributed by atoms with Gasteiger partial charge in [0, 0.05) is 19.1 Å². The smallest absolute Gasteiger partial charge is 0.228 e. The molecule has 0 spiro atoms. The highest BCUT2D eigenvalue weighted by Crippen LogP contribution is 2.33. The van der Waals surface area contributed by atoms with Crippen LogP contribution in [0, 0.1) is 12.8 Å². The summed E-state index contributed by atoms with van der Waals surface area (Å²) < 4.78 is 5.69. The summed E-state index contributed by atoms with van der Waals surface area (Å²) in [5, 5.41) is 0.697. The van der Waals surface area contributed by atoms with Gasteiger partial charge < -0.3 is 9.64 Å². The van der Waals surface area contributed by atoms with E-state index in [0.717, 1.165) is 16.9 Å². The molecular weight excluding hydrogens is 238 g/mol. The number of amides is 1. The van der Waals surface area contributed by atoms with E-state index >= 15 is 0 Å². The Hall–Kier alpha value is -1.22. The number of fused-ring (bicyclic) bond motifs is 1. The molecule has 0 bridgehead atoms. The van der Waals surface area contributed by atoms with Gasteiger partial charge >= 0.3 is 0 Å². The molecule has 0 fully saturated rings. The zero-order valence-corrected chi connectivity index (χ0v) is 11.0. The van der Waals surface area contributed by atoms with Crippen LogP contribution in [0.2, 0.25) is 5.02 Å². The van der Waals surface area contributed by atoms with E-state index in [0.29, 0.717) is 18.1 Å². The van der Waals surface area contributed by atoms with Crippen LogP contribution in [0.15, 0.2) is 12.1 Å². The lowest BCUT2D eigenvalue weighted by atomic mass is 9.94. The Morgan fingerprint density at radius 3 is 2.82 bits per heavy atom. The summed E-state index contributed by atoms with van der Waals surface area (Å²) in [6, 6.07) is 3.77. The molecule has 0 aromatic heterocycles. The van der Waals surface area contributed by atoms with Gasteiger partial charge in [-0.25, -0.2) is 0 Å². The molecule has 4 heteroatoms. The number of hydrogen-bond acceptors (Lipinski definition) is 2. The Balaban J connectivity index is 2.27. The summed E-state index contributed by atoms with van der Waals surface area (Å²) in [5.74, 6) is 0.890. The zero-order chi connectivity index (χ0) is 12.6. The quantitative estimate of drug-likeness (QED) is 0.769. The maximum absolute atomic E-state index is 11.9. The number of hydrogen-bond donors (Lipinski definition) is 0. The van der Waals surface area contributed by atoms with Gasteiger partial charge in [-0.15, -0.1) is 0 Å². The van der Waals surface area contributed by atoms with E-state index in [1.54, 1.807) is 19.0 Å². The summed E-state index contributed by atoms with van der Waals surface area (Å²) in [4.78, 5) is 13.5. The highest BCUT2D eigenvalue weighted by atomic mass is 35.5. The van der Waals surface area contributed by atoms with Crippen molar-refractivity contribution < 1.29 is 9.53 Å². The van der Waals surface area contributed by atoms with Crippen LogP contribution >= 0.6 is 11.6 Å². The van der Waals surface area contributed by atoms with Gasteiger partial charge in [-0.3, -0.25) is 4.79 Å². The molecule has 0 saturated heterocycles. The standard InChI is InChI=1S/C13H16ClNO2/c1-8-4-11(14)6-9-5-10(7-17-12(8)9)13(16)15(2)3/h4,6,10H,5,7H2,1-3H3. The molecule has 1 aliphatic heterocycles. The van der Waals surface area contributed by atoms with Crippen molar-refractivity contribution in [3.05, 3.63) is 28.3 Å². The van der Waals surface area contributed by atoms with Crippen LogP contribution < -0.4 is 4.74 Å². The van der Waals surface area contributed by atoms with Crippen LogP contribution in [0.1, 0.15) is 11.1 Å². The average molecular weight is 254 g/mol. The third kappa shape index (κ3) is 2.39. The average Bonchev–Trinajstić information content (AvgIpc) is 2.26. The van der Waals surface area contributed by atoms with Crippen molar-refractivity contribution in [3.63, 3.8) is 0 Å². The summed E-state index contributed by atoms with van der Waals surface area (Å²) in [6.45, 7) is 2.42. The van der Waals surface area contributed by atoms with Crippen molar-refractivity contribution in [2.75, 3.05) is 20.7 Å². The topological polar surface area (TPSA) is 29.5 Å². The molecule has 1 aromatic carbocycles. The first-order chi connectivity index (χ1) is 7.99. The van der Waals surface area contributed by atoms with Gasteiger partial charge in [-0.2, -0.15) is 0 Å². The van der Waals surface area contributed by atoms with Crippen LogP contribution in [0.5, 0.6) is 5.75 Å². The first kappa shape index (κ1) is 12.2. The van der Waals surface area contributed by atoms with E-state index in [1.165, 1.54) is 0 Å². The van der Waals surface area contributed by atoms with E-state index in [-0.39, 0.29) is 11.8 Å². The maximum Gasteiger partial charge on any atom is 0.228 e. The molecule has 2 rings (SSSR count). The minimum Gasteiger partial charge on any atom is -0.492 e. The summed E-state index contributed by atoms with van der Waals surface area (Å²) >= 11 is 6.02. The fraction of sp³-hybridized carbons (Fsp3) is 0.462. The first-order valence-corrected chi connectivity index (χ1v) is 6.00. The molecule has 0 radical (unpaired) electrons. The maximum atomic E-state index is 11.9. The number of carbonyl (C=O) groups is 1. The van der Waals surface area contributed by atoms with E-state index < -0.39 is 0 Å². The lowest BCUT2D eigenvalue weighted by Gasteiger charge is -2.27. The second-order valence-corrected chi connectivity index (χ2v) is 5.09. The van der Waals surface area contributed by atoms with Crippen LogP contribution in [0.3, 0.4) is 0 Å². The number of benzene rings is 1. The van der Waals surface area contributed by atoms with Gasteiger partial charge in [0.15, 0.2) is 0 Å². The summed E-state index contributed by atoms with van der Waals surface area (Å²) in [7, 11) is 3.53. The van der Waals surface area contributed by atoms with Crippen LogP contribution in [-0.4, -0.2) is 31.5 Å². The molecule has 3 nitrogen and oxygen atoms in total. The van der Waals surface area contributed by atoms with Crippen LogP contribution in [0.25, 0.3) is 0 Å². The number of carbonyl (C=O) groups excluding carboxylic acids is 1. The van der Waals surface area contributed by atoms with Gasteiger partial charge in [0.1, 0.15) is 12.4 Å². The zero-order valence-electron chi connectivity index (χ0n) is 10.3. The molecule has 1 atom stereocenters. The van der Waals surface area contributed by atoms with Crippen LogP contribution in [0.4, 0.5) is 0 Å². The van der Waals surface area contributed by atoms with E-state index in [1.807, 2.05) is 19.1 Å². The van der Waals surface area contributed by atoms with Crippen molar-refractivity contribution in [3.8, 4) is 5.75 Å². The predicted octanol–water partition coefficient (Wildman–Crippen LogP) is 2.29. The third-order valence-electron chi connectivity index (χ3n) is 3.00. The SMILES string of the molecule is Cc1cc(Cl)cc2c1OCC(C(=O)N(C)C)C2. The third-order valence-corrected chi connectivity index (χ3v) is 3.22. The largest absolute Gasteiger partial charge is 0.492 e. The molecule has 1 aromatic rings. The van der Waals surface area contributed by atoms with Crippen molar-refractivity contribution in [1.82, 2.24) is 4.90 Å². The molecule has 0 N–H and O–H groups in total. The van der Waals surface area contributed by atoms with Crippen molar-refractivity contribution >= 4 is 17.5 Å². The lowest BCUT2D eigenvalue weighted by molar-refractivity contribution is -0.134. The Kier molecular flexibility index (Phi) is 3.29. The normalized spacial score (nSPS) is 18.2. The lowest BCUT2D eigenvalue weighted by Crippen LogP contribution is -2.36. The predicted molar refractivity (Wildman–Crippen MR) is 67.6 cm³/mol. The van der Waals surface area contributed by atoms with Gasteiger partial charge in [0.05, 0.1) is 5.92 Å². The minimum absolute atomic E-state index is 0.102. The molecule has 1 amide bonds. The van der Waals surface area contributed by atoms with Gasteiger partial charge in [0.25, 0.3) is 0 Å². The van der Waals surface area contributed by atoms with Crippen molar-refractivity contribution in [2.45, 2.75) is 13.3 Å². The van der Waals surface area contributed by atoms with E-state index in [2.05, 4.69) is 0 Å². The second-order valence-electron chi connectivity index (χ2n) is 4.66. The number of ether oxygens (including phenoxy) is 1. The second kappa shape index (κ2) is 4.57. The molecular formula is C13H16ClNO2. The van der Waals surface area contributed by atoms with E-state index in [9.17, 15) is 4.79 Å². The Bertz CT molecular complexity index is 457. The monoisotopic (exact) mass is 253 g/mol. The number of aryl methyl sites for hydroxylation is 1. The molecule has 1 unspecified atom stereocenters. The molecule has 92 valence electrons. The van der Waals surface area contributed by atoms with E-state index in [4.69, 9.17) is 16.3 Å². The molecule has 0 aliphatic carbocycles. The summed E-state index contributed by atoms with van der Waals surface area (Å²) in [6.07, 6.45) is 0.702.